The van der Waals surface area contributed by atoms with E-state index in [-0.39, 0.29) is 6.10 Å². The van der Waals surface area contributed by atoms with Gasteiger partial charge in [0.05, 0.1) is 12.7 Å². The van der Waals surface area contributed by atoms with Crippen molar-refractivity contribution >= 4 is 11.6 Å². The van der Waals surface area contributed by atoms with Crippen molar-refractivity contribution < 1.29 is 9.84 Å². The Labute approximate surface area is 108 Å². The van der Waals surface area contributed by atoms with E-state index in [1.54, 1.807) is 0 Å². The predicted molar refractivity (Wildman–Crippen MR) is 69.5 cm³/mol. The molecule has 1 atom stereocenters. The molecule has 1 aliphatic carbocycles. The van der Waals surface area contributed by atoms with E-state index in [2.05, 4.69) is 0 Å². The minimum Gasteiger partial charge on any atom is -0.493 e. The van der Waals surface area contributed by atoms with Crippen LogP contribution in [0.4, 0.5) is 0 Å². The largest absolute Gasteiger partial charge is 0.493 e. The Balaban J connectivity index is 1.70. The highest BCUT2D eigenvalue weighted by Gasteiger charge is 2.22. The molecule has 17 heavy (non-hydrogen) atoms. The van der Waals surface area contributed by atoms with Gasteiger partial charge in [-0.05, 0) is 43.0 Å². The summed E-state index contributed by atoms with van der Waals surface area (Å²) in [5.41, 5.74) is 0. The minimum absolute atomic E-state index is 0.204. The van der Waals surface area contributed by atoms with Crippen LogP contribution in [0.25, 0.3) is 0 Å². The van der Waals surface area contributed by atoms with Crippen molar-refractivity contribution in [2.45, 2.75) is 38.2 Å². The summed E-state index contributed by atoms with van der Waals surface area (Å²) in [5.74, 6) is 1.30. The molecule has 0 aliphatic heterocycles. The summed E-state index contributed by atoms with van der Waals surface area (Å²) < 4.78 is 5.57. The van der Waals surface area contributed by atoms with Gasteiger partial charge in [0.1, 0.15) is 5.75 Å². The normalized spacial score (nSPS) is 18.2. The van der Waals surface area contributed by atoms with Crippen LogP contribution in [0.3, 0.4) is 0 Å². The van der Waals surface area contributed by atoms with E-state index in [0.717, 1.165) is 5.75 Å². The molecule has 1 fully saturated rings. The first-order valence-corrected chi connectivity index (χ1v) is 6.70. The highest BCUT2D eigenvalue weighted by atomic mass is 35.5. The van der Waals surface area contributed by atoms with Gasteiger partial charge in [-0.1, -0.05) is 24.4 Å². The zero-order valence-electron chi connectivity index (χ0n) is 9.94. The molecule has 1 aromatic rings. The summed E-state index contributed by atoms with van der Waals surface area (Å²) in [5, 5.41) is 10.7. The number of halogens is 1. The Kier molecular flexibility index (Phi) is 4.69. The maximum Gasteiger partial charge on any atom is 0.119 e. The lowest BCUT2D eigenvalue weighted by Crippen LogP contribution is -2.20. The van der Waals surface area contributed by atoms with E-state index in [9.17, 15) is 5.11 Å². The van der Waals surface area contributed by atoms with E-state index in [0.29, 0.717) is 24.0 Å². The molecule has 1 aliphatic rings. The topological polar surface area (TPSA) is 29.5 Å². The summed E-state index contributed by atoms with van der Waals surface area (Å²) in [6, 6.07) is 7.32. The Hall–Kier alpha value is -0.730. The van der Waals surface area contributed by atoms with Crippen LogP contribution in [-0.2, 0) is 0 Å². The van der Waals surface area contributed by atoms with Crippen molar-refractivity contribution in [3.8, 4) is 5.75 Å². The maximum atomic E-state index is 9.97. The molecule has 3 heteroatoms. The van der Waals surface area contributed by atoms with E-state index >= 15 is 0 Å². The Morgan fingerprint density at radius 2 is 1.88 bits per heavy atom. The summed E-state index contributed by atoms with van der Waals surface area (Å²) >= 11 is 5.79. The van der Waals surface area contributed by atoms with Gasteiger partial charge in [0.25, 0.3) is 0 Å². The number of aliphatic hydroxyl groups excluding tert-OH is 1. The Bertz CT molecular complexity index is 331. The van der Waals surface area contributed by atoms with E-state index in [4.69, 9.17) is 16.3 Å². The maximum absolute atomic E-state index is 9.97. The quantitative estimate of drug-likeness (QED) is 0.869. The highest BCUT2D eigenvalue weighted by molar-refractivity contribution is 6.30. The highest BCUT2D eigenvalue weighted by Crippen LogP contribution is 2.29. The van der Waals surface area contributed by atoms with E-state index in [1.807, 2.05) is 24.3 Å². The molecule has 0 bridgehead atoms. The van der Waals surface area contributed by atoms with Crippen molar-refractivity contribution in [3.05, 3.63) is 29.3 Å². The zero-order valence-corrected chi connectivity index (χ0v) is 10.7. The third-order valence-electron chi connectivity index (χ3n) is 3.44. The van der Waals surface area contributed by atoms with Crippen LogP contribution in [0.1, 0.15) is 32.1 Å². The molecule has 1 unspecified atom stereocenters. The predicted octanol–water partition coefficient (Wildman–Crippen LogP) is 3.66. The van der Waals surface area contributed by atoms with Gasteiger partial charge in [-0.3, -0.25) is 0 Å². The van der Waals surface area contributed by atoms with Gasteiger partial charge in [0, 0.05) is 11.4 Å². The fourth-order valence-corrected chi connectivity index (χ4v) is 2.53. The van der Waals surface area contributed by atoms with Crippen LogP contribution in [0, 0.1) is 5.92 Å². The van der Waals surface area contributed by atoms with Crippen LogP contribution < -0.4 is 4.74 Å². The minimum atomic E-state index is -0.204. The number of rotatable bonds is 5. The smallest absolute Gasteiger partial charge is 0.119 e. The second kappa shape index (κ2) is 6.27. The first-order chi connectivity index (χ1) is 8.25. The van der Waals surface area contributed by atoms with Crippen molar-refractivity contribution in [3.63, 3.8) is 0 Å². The monoisotopic (exact) mass is 254 g/mol. The second-order valence-electron chi connectivity index (χ2n) is 4.70. The lowest BCUT2D eigenvalue weighted by molar-refractivity contribution is 0.0853. The lowest BCUT2D eigenvalue weighted by Gasteiger charge is -2.17. The Morgan fingerprint density at radius 1 is 1.24 bits per heavy atom. The van der Waals surface area contributed by atoms with Gasteiger partial charge in [0.15, 0.2) is 0 Å². The molecule has 0 radical (unpaired) electrons. The van der Waals surface area contributed by atoms with Gasteiger partial charge < -0.3 is 9.84 Å². The molecule has 0 aromatic heterocycles. The molecule has 0 heterocycles. The zero-order chi connectivity index (χ0) is 12.1. The van der Waals surface area contributed by atoms with Gasteiger partial charge in [0.2, 0.25) is 0 Å². The van der Waals surface area contributed by atoms with Gasteiger partial charge in [-0.15, -0.1) is 0 Å². The first-order valence-electron chi connectivity index (χ1n) is 6.32. The molecule has 0 saturated heterocycles. The SMILES string of the molecule is OC(CCOc1ccc(Cl)cc1)C1CCCC1. The summed E-state index contributed by atoms with van der Waals surface area (Å²) in [6.07, 6.45) is 5.38. The Morgan fingerprint density at radius 3 is 2.53 bits per heavy atom. The third kappa shape index (κ3) is 3.90. The van der Waals surface area contributed by atoms with Crippen LogP contribution in [0.2, 0.25) is 5.02 Å². The van der Waals surface area contributed by atoms with Crippen molar-refractivity contribution in [2.24, 2.45) is 5.92 Å². The standard InChI is InChI=1S/C14H19ClO2/c15-12-5-7-13(8-6-12)17-10-9-14(16)11-3-1-2-4-11/h5-8,11,14,16H,1-4,9-10H2. The molecular weight excluding hydrogens is 236 g/mol. The number of hydrogen-bond donors (Lipinski definition) is 1. The third-order valence-corrected chi connectivity index (χ3v) is 3.69. The number of hydrogen-bond acceptors (Lipinski definition) is 2. The van der Waals surface area contributed by atoms with Crippen LogP contribution in [0.5, 0.6) is 5.75 Å². The number of aliphatic hydroxyl groups is 1. The van der Waals surface area contributed by atoms with Crippen LogP contribution in [0.15, 0.2) is 24.3 Å². The van der Waals surface area contributed by atoms with Gasteiger partial charge in [-0.25, -0.2) is 0 Å². The average Bonchev–Trinajstić information content (AvgIpc) is 2.85. The average molecular weight is 255 g/mol. The molecule has 94 valence electrons. The molecular formula is C14H19ClO2. The second-order valence-corrected chi connectivity index (χ2v) is 5.14. The fourth-order valence-electron chi connectivity index (χ4n) is 2.41. The molecule has 2 rings (SSSR count). The van der Waals surface area contributed by atoms with Crippen molar-refractivity contribution in [2.75, 3.05) is 6.61 Å². The molecule has 1 aromatic carbocycles. The van der Waals surface area contributed by atoms with Crippen molar-refractivity contribution in [1.29, 1.82) is 0 Å². The molecule has 1 saturated carbocycles. The number of ether oxygens (including phenoxy) is 1. The lowest BCUT2D eigenvalue weighted by atomic mass is 9.99. The number of benzene rings is 1. The van der Waals surface area contributed by atoms with Gasteiger partial charge >= 0.3 is 0 Å². The van der Waals surface area contributed by atoms with Gasteiger partial charge in [-0.2, -0.15) is 0 Å². The van der Waals surface area contributed by atoms with E-state index < -0.39 is 0 Å². The van der Waals surface area contributed by atoms with Crippen molar-refractivity contribution in [1.82, 2.24) is 0 Å². The first kappa shape index (κ1) is 12.7. The fraction of sp³-hybridized carbons (Fsp3) is 0.571. The summed E-state index contributed by atoms with van der Waals surface area (Å²) in [7, 11) is 0. The van der Waals surface area contributed by atoms with Crippen LogP contribution >= 0.6 is 11.6 Å². The van der Waals surface area contributed by atoms with Crippen LogP contribution in [-0.4, -0.2) is 17.8 Å². The molecule has 2 nitrogen and oxygen atoms in total. The summed E-state index contributed by atoms with van der Waals surface area (Å²) in [4.78, 5) is 0. The summed E-state index contributed by atoms with van der Waals surface area (Å²) in [6.45, 7) is 0.569. The van der Waals surface area contributed by atoms with E-state index in [1.165, 1.54) is 25.7 Å². The molecule has 1 N–H and O–H groups in total. The molecule has 0 spiro atoms. The molecule has 0 amide bonds.